The van der Waals surface area contributed by atoms with Gasteiger partial charge in [-0.25, -0.2) is 4.79 Å². The molecule has 0 saturated carbocycles. The van der Waals surface area contributed by atoms with Crippen molar-refractivity contribution in [1.29, 1.82) is 5.26 Å². The van der Waals surface area contributed by atoms with Crippen LogP contribution in [0.4, 0.5) is 4.79 Å². The Balaban J connectivity index is 2.06. The summed E-state index contributed by atoms with van der Waals surface area (Å²) in [5.74, 6) is 0.590. The van der Waals surface area contributed by atoms with E-state index < -0.39 is 11.7 Å². The smallest absolute Gasteiger partial charge is 0.408 e. The van der Waals surface area contributed by atoms with Crippen molar-refractivity contribution in [2.45, 2.75) is 38.8 Å². The van der Waals surface area contributed by atoms with Crippen molar-refractivity contribution in [2.24, 2.45) is 0 Å². The number of hydrogen-bond donors (Lipinski definition) is 1. The average molecular weight is 478 g/mol. The summed E-state index contributed by atoms with van der Waals surface area (Å²) in [6.45, 7) is 5.74. The van der Waals surface area contributed by atoms with Crippen molar-refractivity contribution in [3.05, 3.63) is 63.2 Å². The quantitative estimate of drug-likeness (QED) is 0.613. The predicted molar refractivity (Wildman–Crippen MR) is 113 cm³/mol. The molecule has 0 saturated heterocycles. The zero-order valence-electron chi connectivity index (χ0n) is 15.7. The molecule has 1 amide bonds. The normalized spacial score (nSPS) is 12.0. The molecule has 2 aromatic carbocycles. The summed E-state index contributed by atoms with van der Waals surface area (Å²) < 4.78 is 12.3. The van der Waals surface area contributed by atoms with Gasteiger partial charge in [-0.1, -0.05) is 18.2 Å². The van der Waals surface area contributed by atoms with Gasteiger partial charge < -0.3 is 14.8 Å². The van der Waals surface area contributed by atoms with Crippen LogP contribution in [0.2, 0.25) is 0 Å². The van der Waals surface area contributed by atoms with E-state index in [9.17, 15) is 4.79 Å². The summed E-state index contributed by atoms with van der Waals surface area (Å²) in [5.41, 5.74) is 1.05. The zero-order chi connectivity index (χ0) is 19.9. The SMILES string of the molecule is CC(C)(C)OC(=O)N[C@H](COc1cccc(C#N)c1)Cc1ccc(I)cc1. The van der Waals surface area contributed by atoms with Crippen LogP contribution >= 0.6 is 22.6 Å². The van der Waals surface area contributed by atoms with Crippen LogP contribution in [-0.4, -0.2) is 24.3 Å². The van der Waals surface area contributed by atoms with E-state index in [0.717, 1.165) is 9.13 Å². The van der Waals surface area contributed by atoms with E-state index in [1.807, 2.05) is 45.0 Å². The fourth-order valence-corrected chi connectivity index (χ4v) is 2.74. The molecule has 0 aliphatic heterocycles. The molecule has 27 heavy (non-hydrogen) atoms. The molecule has 0 aliphatic carbocycles. The molecule has 5 nitrogen and oxygen atoms in total. The van der Waals surface area contributed by atoms with Crippen LogP contribution in [0.1, 0.15) is 31.9 Å². The summed E-state index contributed by atoms with van der Waals surface area (Å²) in [6, 6.07) is 16.9. The number of nitrogens with one attached hydrogen (secondary N) is 1. The van der Waals surface area contributed by atoms with Crippen molar-refractivity contribution in [1.82, 2.24) is 5.32 Å². The molecular formula is C21H23IN2O3. The lowest BCUT2D eigenvalue weighted by Gasteiger charge is -2.24. The van der Waals surface area contributed by atoms with Crippen molar-refractivity contribution in [2.75, 3.05) is 6.61 Å². The van der Waals surface area contributed by atoms with E-state index in [4.69, 9.17) is 14.7 Å². The van der Waals surface area contributed by atoms with Crippen molar-refractivity contribution in [3.8, 4) is 11.8 Å². The monoisotopic (exact) mass is 478 g/mol. The molecule has 1 N–H and O–H groups in total. The van der Waals surface area contributed by atoms with Gasteiger partial charge in [-0.05, 0) is 85.7 Å². The first kappa shape index (κ1) is 21.0. The highest BCUT2D eigenvalue weighted by Gasteiger charge is 2.20. The van der Waals surface area contributed by atoms with Crippen molar-refractivity contribution >= 4 is 28.7 Å². The van der Waals surface area contributed by atoms with Gasteiger partial charge in [0.25, 0.3) is 0 Å². The highest BCUT2D eigenvalue weighted by Crippen LogP contribution is 2.15. The predicted octanol–water partition coefficient (Wildman–Crippen LogP) is 4.68. The van der Waals surface area contributed by atoms with Crippen LogP contribution in [0, 0.1) is 14.9 Å². The summed E-state index contributed by atoms with van der Waals surface area (Å²) in [7, 11) is 0. The van der Waals surface area contributed by atoms with Gasteiger partial charge in [0.1, 0.15) is 18.0 Å². The lowest BCUT2D eigenvalue weighted by molar-refractivity contribution is 0.0488. The molecule has 6 heteroatoms. The molecule has 0 spiro atoms. The van der Waals surface area contributed by atoms with Crippen LogP contribution in [-0.2, 0) is 11.2 Å². The van der Waals surface area contributed by atoms with E-state index in [1.54, 1.807) is 24.3 Å². The van der Waals surface area contributed by atoms with Gasteiger partial charge in [0, 0.05) is 3.57 Å². The molecule has 142 valence electrons. The topological polar surface area (TPSA) is 71.3 Å². The number of amides is 1. The Morgan fingerprint density at radius 3 is 2.56 bits per heavy atom. The minimum atomic E-state index is -0.570. The highest BCUT2D eigenvalue weighted by atomic mass is 127. The van der Waals surface area contributed by atoms with E-state index >= 15 is 0 Å². The number of benzene rings is 2. The summed E-state index contributed by atoms with van der Waals surface area (Å²) in [4.78, 5) is 12.2. The van der Waals surface area contributed by atoms with Crippen molar-refractivity contribution < 1.29 is 14.3 Å². The number of rotatable bonds is 6. The summed E-state index contributed by atoms with van der Waals surface area (Å²) >= 11 is 2.25. The van der Waals surface area contributed by atoms with Crippen LogP contribution in [0.5, 0.6) is 5.75 Å². The molecule has 0 unspecified atom stereocenters. The average Bonchev–Trinajstić information content (AvgIpc) is 2.60. The van der Waals surface area contributed by atoms with E-state index in [1.165, 1.54) is 0 Å². The Labute approximate surface area is 173 Å². The van der Waals surface area contributed by atoms with Crippen LogP contribution in [0.3, 0.4) is 0 Å². The molecule has 0 aliphatic rings. The Kier molecular flexibility index (Phi) is 7.48. The van der Waals surface area contributed by atoms with Gasteiger partial charge in [-0.3, -0.25) is 0 Å². The molecule has 1 atom stereocenters. The minimum Gasteiger partial charge on any atom is -0.491 e. The summed E-state index contributed by atoms with van der Waals surface area (Å²) in [5, 5.41) is 11.9. The molecule has 0 heterocycles. The van der Waals surface area contributed by atoms with Gasteiger partial charge in [-0.15, -0.1) is 0 Å². The molecule has 2 rings (SSSR count). The largest absolute Gasteiger partial charge is 0.491 e. The third-order valence-electron chi connectivity index (χ3n) is 3.53. The highest BCUT2D eigenvalue weighted by molar-refractivity contribution is 14.1. The second-order valence-corrected chi connectivity index (χ2v) is 8.37. The molecule has 0 radical (unpaired) electrons. The fraction of sp³-hybridized carbons (Fsp3) is 0.333. The Bertz CT molecular complexity index is 807. The van der Waals surface area contributed by atoms with E-state index in [-0.39, 0.29) is 12.6 Å². The number of hydrogen-bond acceptors (Lipinski definition) is 4. The van der Waals surface area contributed by atoms with Crippen LogP contribution in [0.25, 0.3) is 0 Å². The molecule has 2 aromatic rings. The molecule has 0 bridgehead atoms. The first-order valence-corrected chi connectivity index (χ1v) is 9.70. The molecular weight excluding hydrogens is 455 g/mol. The Morgan fingerprint density at radius 1 is 1.22 bits per heavy atom. The standard InChI is InChI=1S/C21H23IN2O3/c1-21(2,3)27-20(25)24-18(11-15-7-9-17(22)10-8-15)14-26-19-6-4-5-16(12-19)13-23/h4-10,12,18H,11,14H2,1-3H3,(H,24,25)/t18-/m0/s1. The lowest BCUT2D eigenvalue weighted by Crippen LogP contribution is -2.43. The van der Waals surface area contributed by atoms with Crippen LogP contribution < -0.4 is 10.1 Å². The number of alkyl carbamates (subject to hydrolysis) is 1. The lowest BCUT2D eigenvalue weighted by atomic mass is 10.1. The van der Waals surface area contributed by atoms with Gasteiger partial charge in [-0.2, -0.15) is 5.26 Å². The third kappa shape index (κ3) is 7.87. The Hall–Kier alpha value is -2.27. The van der Waals surface area contributed by atoms with Crippen LogP contribution in [0.15, 0.2) is 48.5 Å². The number of nitriles is 1. The third-order valence-corrected chi connectivity index (χ3v) is 4.25. The second kappa shape index (κ2) is 9.60. The first-order valence-electron chi connectivity index (χ1n) is 8.62. The summed E-state index contributed by atoms with van der Waals surface area (Å²) in [6.07, 6.45) is 0.126. The van der Waals surface area contributed by atoms with E-state index in [0.29, 0.717) is 17.7 Å². The number of nitrogens with zero attached hydrogens (tertiary/aromatic N) is 1. The van der Waals surface area contributed by atoms with Gasteiger partial charge >= 0.3 is 6.09 Å². The molecule has 0 fully saturated rings. The number of halogens is 1. The number of carbonyl (C=O) groups is 1. The minimum absolute atomic E-state index is 0.264. The first-order chi connectivity index (χ1) is 12.7. The van der Waals surface area contributed by atoms with Gasteiger partial charge in [0.05, 0.1) is 17.7 Å². The Morgan fingerprint density at radius 2 is 1.93 bits per heavy atom. The maximum atomic E-state index is 12.2. The fourth-order valence-electron chi connectivity index (χ4n) is 2.38. The number of carbonyl (C=O) groups excluding carboxylic acids is 1. The molecule has 0 aromatic heterocycles. The van der Waals surface area contributed by atoms with E-state index in [2.05, 4.69) is 34.0 Å². The maximum absolute atomic E-state index is 12.2. The number of ether oxygens (including phenoxy) is 2. The second-order valence-electron chi connectivity index (χ2n) is 7.12. The van der Waals surface area contributed by atoms with Gasteiger partial charge in [0.15, 0.2) is 0 Å². The van der Waals surface area contributed by atoms with Gasteiger partial charge in [0.2, 0.25) is 0 Å². The zero-order valence-corrected chi connectivity index (χ0v) is 17.8. The van der Waals surface area contributed by atoms with Crippen molar-refractivity contribution in [3.63, 3.8) is 0 Å². The maximum Gasteiger partial charge on any atom is 0.408 e.